The smallest absolute Gasteiger partial charge is 0.290 e. The fourth-order valence-corrected chi connectivity index (χ4v) is 2.01. The van der Waals surface area contributed by atoms with Crippen molar-refractivity contribution in [2.24, 2.45) is 0 Å². The molecule has 1 heterocycles. The number of carbonyl (C=O) groups is 2. The zero-order valence-corrected chi connectivity index (χ0v) is 9.71. The third-order valence-electron chi connectivity index (χ3n) is 2.17. The zero-order chi connectivity index (χ0) is 12.4. The molecular formula is C11H9NO4S. The van der Waals surface area contributed by atoms with Crippen molar-refractivity contribution in [1.82, 2.24) is 5.32 Å². The summed E-state index contributed by atoms with van der Waals surface area (Å²) >= 11 is 0.806. The van der Waals surface area contributed by atoms with E-state index in [-0.39, 0.29) is 10.7 Å². The van der Waals surface area contributed by atoms with E-state index in [9.17, 15) is 14.7 Å². The van der Waals surface area contributed by atoms with Gasteiger partial charge in [0, 0.05) is 11.6 Å². The van der Waals surface area contributed by atoms with Crippen LogP contribution < -0.4 is 10.1 Å². The Balaban J connectivity index is 2.33. The highest BCUT2D eigenvalue weighted by Crippen LogP contribution is 2.30. The molecule has 2 amide bonds. The monoisotopic (exact) mass is 251 g/mol. The molecule has 1 aromatic rings. The van der Waals surface area contributed by atoms with E-state index in [4.69, 9.17) is 4.74 Å². The summed E-state index contributed by atoms with van der Waals surface area (Å²) in [6, 6.07) is 4.70. The molecule has 1 fully saturated rings. The van der Waals surface area contributed by atoms with E-state index in [1.54, 1.807) is 12.1 Å². The first-order chi connectivity index (χ1) is 8.10. The molecule has 0 radical (unpaired) electrons. The van der Waals surface area contributed by atoms with Crippen molar-refractivity contribution in [3.8, 4) is 11.5 Å². The quantitative estimate of drug-likeness (QED) is 0.783. The average Bonchev–Trinajstić information content (AvgIpc) is 2.60. The van der Waals surface area contributed by atoms with Gasteiger partial charge in [-0.2, -0.15) is 0 Å². The Labute approximate surface area is 101 Å². The minimum absolute atomic E-state index is 0.00963. The largest absolute Gasteiger partial charge is 0.507 e. The molecule has 0 atom stereocenters. The van der Waals surface area contributed by atoms with E-state index in [1.165, 1.54) is 19.3 Å². The predicted molar refractivity (Wildman–Crippen MR) is 63.8 cm³/mol. The van der Waals surface area contributed by atoms with Gasteiger partial charge in [-0.3, -0.25) is 14.9 Å². The standard InChI is InChI=1S/C11H9NO4S/c1-16-7-3-2-6(8(13)5-7)4-9-10(14)12-11(15)17-9/h2-5,13H,1H3,(H,12,14,15)/b9-4-. The van der Waals surface area contributed by atoms with Gasteiger partial charge in [-0.25, -0.2) is 0 Å². The summed E-state index contributed by atoms with van der Waals surface area (Å²) in [6.07, 6.45) is 1.46. The Morgan fingerprint density at radius 1 is 1.41 bits per heavy atom. The molecule has 0 bridgehead atoms. The molecule has 0 spiro atoms. The van der Waals surface area contributed by atoms with Crippen LogP contribution in [0.1, 0.15) is 5.56 Å². The summed E-state index contributed by atoms with van der Waals surface area (Å²) in [6.45, 7) is 0. The summed E-state index contributed by atoms with van der Waals surface area (Å²) in [5.41, 5.74) is 0.457. The molecule has 1 aliphatic rings. The number of hydrogen-bond acceptors (Lipinski definition) is 5. The van der Waals surface area contributed by atoms with Crippen molar-refractivity contribution in [3.05, 3.63) is 28.7 Å². The van der Waals surface area contributed by atoms with Crippen LogP contribution in [0.25, 0.3) is 6.08 Å². The molecule has 5 nitrogen and oxygen atoms in total. The third kappa shape index (κ3) is 2.42. The summed E-state index contributed by atoms with van der Waals surface area (Å²) in [5, 5.41) is 11.4. The minimum Gasteiger partial charge on any atom is -0.507 e. The van der Waals surface area contributed by atoms with E-state index in [0.717, 1.165) is 11.8 Å². The van der Waals surface area contributed by atoms with Gasteiger partial charge in [0.2, 0.25) is 0 Å². The van der Waals surface area contributed by atoms with Crippen LogP contribution in [0.5, 0.6) is 11.5 Å². The number of rotatable bonds is 2. The Bertz CT molecular complexity index is 524. The Morgan fingerprint density at radius 2 is 2.18 bits per heavy atom. The summed E-state index contributed by atoms with van der Waals surface area (Å²) in [5.74, 6) is 0.0593. The van der Waals surface area contributed by atoms with Gasteiger partial charge < -0.3 is 9.84 Å². The first-order valence-electron chi connectivity index (χ1n) is 4.72. The van der Waals surface area contributed by atoms with Gasteiger partial charge in [-0.15, -0.1) is 0 Å². The van der Waals surface area contributed by atoms with Gasteiger partial charge in [0.15, 0.2) is 0 Å². The van der Waals surface area contributed by atoms with Crippen molar-refractivity contribution < 1.29 is 19.4 Å². The number of aromatic hydroxyl groups is 1. The van der Waals surface area contributed by atoms with Crippen LogP contribution in [0.3, 0.4) is 0 Å². The van der Waals surface area contributed by atoms with Crippen molar-refractivity contribution in [2.75, 3.05) is 7.11 Å². The van der Waals surface area contributed by atoms with E-state index in [1.807, 2.05) is 0 Å². The molecule has 0 aliphatic carbocycles. The molecule has 1 aromatic carbocycles. The maximum Gasteiger partial charge on any atom is 0.290 e. The minimum atomic E-state index is -0.449. The average molecular weight is 251 g/mol. The Morgan fingerprint density at radius 3 is 2.71 bits per heavy atom. The fraction of sp³-hybridized carbons (Fsp3) is 0.0909. The van der Waals surface area contributed by atoms with Crippen LogP contribution in [0.4, 0.5) is 4.79 Å². The molecule has 1 aliphatic heterocycles. The number of amides is 2. The van der Waals surface area contributed by atoms with Crippen molar-refractivity contribution >= 4 is 29.0 Å². The lowest BCUT2D eigenvalue weighted by molar-refractivity contribution is -0.115. The van der Waals surface area contributed by atoms with E-state index in [2.05, 4.69) is 5.32 Å². The fourth-order valence-electron chi connectivity index (χ4n) is 1.33. The number of methoxy groups -OCH3 is 1. The molecule has 17 heavy (non-hydrogen) atoms. The van der Waals surface area contributed by atoms with Gasteiger partial charge in [0.05, 0.1) is 12.0 Å². The molecular weight excluding hydrogens is 242 g/mol. The number of carbonyl (C=O) groups excluding carboxylic acids is 2. The Hall–Kier alpha value is -1.95. The lowest BCUT2D eigenvalue weighted by Gasteiger charge is -2.03. The van der Waals surface area contributed by atoms with Crippen molar-refractivity contribution in [2.45, 2.75) is 0 Å². The molecule has 88 valence electrons. The number of thioether (sulfide) groups is 1. The number of ether oxygens (including phenoxy) is 1. The Kier molecular flexibility index (Phi) is 3.06. The predicted octanol–water partition coefficient (Wildman–Crippen LogP) is 1.72. The number of imide groups is 1. The molecule has 2 N–H and O–H groups in total. The van der Waals surface area contributed by atoms with Gasteiger partial charge in [-0.05, 0) is 30.0 Å². The number of benzene rings is 1. The number of hydrogen-bond donors (Lipinski definition) is 2. The second-order valence-corrected chi connectivity index (χ2v) is 4.29. The second-order valence-electron chi connectivity index (χ2n) is 3.28. The van der Waals surface area contributed by atoms with Crippen molar-refractivity contribution in [1.29, 1.82) is 0 Å². The first-order valence-corrected chi connectivity index (χ1v) is 5.53. The number of phenolic OH excluding ortho intramolecular Hbond substituents is 1. The summed E-state index contributed by atoms with van der Waals surface area (Å²) in [4.78, 5) is 22.5. The highest BCUT2D eigenvalue weighted by Gasteiger charge is 2.25. The molecule has 2 rings (SSSR count). The van der Waals surface area contributed by atoms with Crippen LogP contribution in [0, 0.1) is 0 Å². The molecule has 1 saturated heterocycles. The van der Waals surface area contributed by atoms with Crippen LogP contribution in [0.15, 0.2) is 23.1 Å². The van der Waals surface area contributed by atoms with Crippen LogP contribution in [-0.2, 0) is 4.79 Å². The van der Waals surface area contributed by atoms with Crippen LogP contribution >= 0.6 is 11.8 Å². The maximum atomic E-state index is 11.3. The molecule has 6 heteroatoms. The first kappa shape index (κ1) is 11.5. The maximum absolute atomic E-state index is 11.3. The number of nitrogens with one attached hydrogen (secondary N) is 1. The van der Waals surface area contributed by atoms with Crippen molar-refractivity contribution in [3.63, 3.8) is 0 Å². The topological polar surface area (TPSA) is 75.6 Å². The third-order valence-corrected chi connectivity index (χ3v) is 2.98. The number of phenols is 1. The van der Waals surface area contributed by atoms with Crippen LogP contribution in [0.2, 0.25) is 0 Å². The second kappa shape index (κ2) is 4.50. The van der Waals surface area contributed by atoms with Gasteiger partial charge in [0.1, 0.15) is 11.5 Å². The van der Waals surface area contributed by atoms with Gasteiger partial charge in [0.25, 0.3) is 11.1 Å². The highest BCUT2D eigenvalue weighted by atomic mass is 32.2. The SMILES string of the molecule is COc1ccc(/C=C2\SC(=O)NC2=O)c(O)c1. The summed E-state index contributed by atoms with van der Waals surface area (Å²) < 4.78 is 4.94. The van der Waals surface area contributed by atoms with Gasteiger partial charge in [-0.1, -0.05) is 0 Å². The molecule has 0 saturated carbocycles. The zero-order valence-electron chi connectivity index (χ0n) is 8.89. The molecule has 0 unspecified atom stereocenters. The lowest BCUT2D eigenvalue weighted by Crippen LogP contribution is -2.17. The van der Waals surface area contributed by atoms with E-state index < -0.39 is 11.1 Å². The van der Waals surface area contributed by atoms with E-state index in [0.29, 0.717) is 11.3 Å². The van der Waals surface area contributed by atoms with E-state index >= 15 is 0 Å². The van der Waals surface area contributed by atoms with Gasteiger partial charge >= 0.3 is 0 Å². The van der Waals surface area contributed by atoms with Crippen LogP contribution in [-0.4, -0.2) is 23.4 Å². The lowest BCUT2D eigenvalue weighted by atomic mass is 10.1. The molecule has 0 aromatic heterocycles. The summed E-state index contributed by atoms with van der Waals surface area (Å²) in [7, 11) is 1.49. The normalized spacial score (nSPS) is 17.4. The highest BCUT2D eigenvalue weighted by molar-refractivity contribution is 8.18.